The summed E-state index contributed by atoms with van der Waals surface area (Å²) in [4.78, 5) is 25.1. The number of benzene rings is 1. The molecule has 8 nitrogen and oxygen atoms in total. The van der Waals surface area contributed by atoms with Crippen molar-refractivity contribution in [3.05, 3.63) is 35.2 Å². The molecule has 1 N–H and O–H groups in total. The van der Waals surface area contributed by atoms with E-state index in [0.29, 0.717) is 41.7 Å². The van der Waals surface area contributed by atoms with E-state index in [4.69, 9.17) is 14.2 Å². The van der Waals surface area contributed by atoms with Crippen LogP contribution in [0.2, 0.25) is 0 Å². The quantitative estimate of drug-likeness (QED) is 0.591. The van der Waals surface area contributed by atoms with Crippen molar-refractivity contribution < 1.29 is 23.8 Å². The highest BCUT2D eigenvalue weighted by atomic mass is 16.5. The Morgan fingerprint density at radius 1 is 1.10 bits per heavy atom. The van der Waals surface area contributed by atoms with Gasteiger partial charge in [0.1, 0.15) is 0 Å². The maximum Gasteiger partial charge on any atom is 0.339 e. The second-order valence-electron chi connectivity index (χ2n) is 7.06. The molecule has 0 radical (unpaired) electrons. The number of rotatable bonds is 10. The van der Waals surface area contributed by atoms with Crippen LogP contribution >= 0.6 is 0 Å². The Morgan fingerprint density at radius 3 is 2.30 bits per heavy atom. The lowest BCUT2D eigenvalue weighted by Gasteiger charge is -2.16. The Bertz CT molecular complexity index is 891. The maximum absolute atomic E-state index is 12.6. The molecule has 0 saturated heterocycles. The Hall–Kier alpha value is -3.03. The molecule has 0 saturated carbocycles. The van der Waals surface area contributed by atoms with Crippen LogP contribution in [0.1, 0.15) is 55.4 Å². The fraction of sp³-hybridized carbons (Fsp3) is 0.500. The van der Waals surface area contributed by atoms with Gasteiger partial charge in [0.05, 0.1) is 35.9 Å². The molecular weight excluding hydrogens is 386 g/mol. The van der Waals surface area contributed by atoms with Gasteiger partial charge in [0, 0.05) is 7.05 Å². The minimum atomic E-state index is -0.979. The van der Waals surface area contributed by atoms with Gasteiger partial charge >= 0.3 is 5.97 Å². The van der Waals surface area contributed by atoms with E-state index in [0.717, 1.165) is 18.5 Å². The molecule has 1 amide bonds. The van der Waals surface area contributed by atoms with Crippen molar-refractivity contribution in [3.63, 3.8) is 0 Å². The van der Waals surface area contributed by atoms with Crippen LogP contribution in [0.15, 0.2) is 18.2 Å². The van der Waals surface area contributed by atoms with Crippen molar-refractivity contribution in [1.82, 2.24) is 9.78 Å². The molecule has 1 aromatic carbocycles. The molecule has 0 aliphatic heterocycles. The lowest BCUT2D eigenvalue weighted by molar-refractivity contribution is -0.123. The van der Waals surface area contributed by atoms with Gasteiger partial charge in [-0.3, -0.25) is 9.48 Å². The van der Waals surface area contributed by atoms with Gasteiger partial charge in [0.2, 0.25) is 0 Å². The molecule has 1 atom stereocenters. The predicted octanol–water partition coefficient (Wildman–Crippen LogP) is 3.80. The standard InChI is InChI=1S/C22H31N3O5/c1-7-11-28-18-10-9-17(13-19(18)29-12-8-2)22(27)30-16(5)21(26)23-20-14(3)24-25(6)15(20)4/h9-10,13,16H,7-8,11-12H2,1-6H3,(H,23,26)/t16-/m1/s1. The summed E-state index contributed by atoms with van der Waals surface area (Å²) in [5, 5.41) is 7.05. The second kappa shape index (κ2) is 10.7. The van der Waals surface area contributed by atoms with Crippen LogP contribution in [0, 0.1) is 13.8 Å². The monoisotopic (exact) mass is 417 g/mol. The smallest absolute Gasteiger partial charge is 0.339 e. The minimum absolute atomic E-state index is 0.290. The Balaban J connectivity index is 2.08. The van der Waals surface area contributed by atoms with Crippen molar-refractivity contribution in [3.8, 4) is 11.5 Å². The fourth-order valence-electron chi connectivity index (χ4n) is 2.75. The van der Waals surface area contributed by atoms with E-state index >= 15 is 0 Å². The normalized spacial score (nSPS) is 11.7. The topological polar surface area (TPSA) is 91.7 Å². The third-order valence-electron chi connectivity index (χ3n) is 4.51. The summed E-state index contributed by atoms with van der Waals surface area (Å²) in [5.41, 5.74) is 2.43. The first kappa shape index (κ1) is 23.3. The summed E-state index contributed by atoms with van der Waals surface area (Å²) in [6, 6.07) is 4.87. The van der Waals surface area contributed by atoms with Crippen molar-refractivity contribution in [2.75, 3.05) is 18.5 Å². The third kappa shape index (κ3) is 5.75. The van der Waals surface area contributed by atoms with Gasteiger partial charge in [0.15, 0.2) is 17.6 Å². The van der Waals surface area contributed by atoms with Crippen molar-refractivity contribution in [1.29, 1.82) is 0 Å². The minimum Gasteiger partial charge on any atom is -0.490 e. The van der Waals surface area contributed by atoms with Crippen molar-refractivity contribution >= 4 is 17.6 Å². The molecular formula is C22H31N3O5. The van der Waals surface area contributed by atoms with E-state index in [-0.39, 0.29) is 0 Å². The number of nitrogens with one attached hydrogen (secondary N) is 1. The number of aromatic nitrogens is 2. The number of carbonyl (C=O) groups excluding carboxylic acids is 2. The first-order valence-corrected chi connectivity index (χ1v) is 10.2. The van der Waals surface area contributed by atoms with E-state index in [1.807, 2.05) is 20.8 Å². The van der Waals surface area contributed by atoms with Crippen molar-refractivity contribution in [2.45, 2.75) is 53.6 Å². The first-order valence-electron chi connectivity index (χ1n) is 10.2. The zero-order valence-electron chi connectivity index (χ0n) is 18.6. The summed E-state index contributed by atoms with van der Waals surface area (Å²) in [7, 11) is 1.80. The molecule has 1 aromatic heterocycles. The van der Waals surface area contributed by atoms with Crippen LogP contribution in [0.25, 0.3) is 0 Å². The zero-order valence-corrected chi connectivity index (χ0v) is 18.6. The molecule has 0 aliphatic rings. The van der Waals surface area contributed by atoms with Crippen LogP contribution in [-0.2, 0) is 16.6 Å². The number of amides is 1. The zero-order chi connectivity index (χ0) is 22.3. The molecule has 2 aromatic rings. The summed E-state index contributed by atoms with van der Waals surface area (Å²) < 4.78 is 18.4. The van der Waals surface area contributed by atoms with Crippen LogP contribution in [0.5, 0.6) is 11.5 Å². The number of hydrogen-bond acceptors (Lipinski definition) is 6. The SMILES string of the molecule is CCCOc1ccc(C(=O)O[C@H](C)C(=O)Nc2c(C)nn(C)c2C)cc1OCCC. The van der Waals surface area contributed by atoms with Gasteiger partial charge in [0.25, 0.3) is 5.91 Å². The highest BCUT2D eigenvalue weighted by Gasteiger charge is 2.22. The molecule has 8 heteroatoms. The van der Waals surface area contributed by atoms with Crippen molar-refractivity contribution in [2.24, 2.45) is 7.05 Å². The van der Waals surface area contributed by atoms with Gasteiger partial charge < -0.3 is 19.5 Å². The van der Waals surface area contributed by atoms with Crippen LogP contribution in [0.4, 0.5) is 5.69 Å². The number of hydrogen-bond donors (Lipinski definition) is 1. The average molecular weight is 418 g/mol. The number of aryl methyl sites for hydroxylation is 2. The molecule has 30 heavy (non-hydrogen) atoms. The fourth-order valence-corrected chi connectivity index (χ4v) is 2.75. The number of anilines is 1. The van der Waals surface area contributed by atoms with Gasteiger partial charge in [-0.1, -0.05) is 13.8 Å². The van der Waals surface area contributed by atoms with E-state index in [1.165, 1.54) is 6.92 Å². The number of nitrogens with zero attached hydrogens (tertiary/aromatic N) is 2. The Labute approximate surface area is 177 Å². The average Bonchev–Trinajstić information content (AvgIpc) is 2.96. The highest BCUT2D eigenvalue weighted by molar-refractivity contribution is 5.98. The van der Waals surface area contributed by atoms with E-state index in [2.05, 4.69) is 10.4 Å². The third-order valence-corrected chi connectivity index (χ3v) is 4.51. The van der Waals surface area contributed by atoms with Gasteiger partial charge in [-0.2, -0.15) is 5.10 Å². The maximum atomic E-state index is 12.6. The lowest BCUT2D eigenvalue weighted by Crippen LogP contribution is -2.30. The first-order chi connectivity index (χ1) is 14.3. The highest BCUT2D eigenvalue weighted by Crippen LogP contribution is 2.29. The summed E-state index contributed by atoms with van der Waals surface area (Å²) in [6.45, 7) is 10.3. The van der Waals surface area contributed by atoms with Gasteiger partial charge in [-0.15, -0.1) is 0 Å². The number of esters is 1. The summed E-state index contributed by atoms with van der Waals surface area (Å²) in [5.74, 6) is 0.0298. The molecule has 1 heterocycles. The van der Waals surface area contributed by atoms with Gasteiger partial charge in [-0.05, 0) is 51.8 Å². The number of carbonyl (C=O) groups is 2. The van der Waals surface area contributed by atoms with Crippen LogP contribution in [-0.4, -0.2) is 41.0 Å². The summed E-state index contributed by atoms with van der Waals surface area (Å²) >= 11 is 0. The molecule has 0 unspecified atom stereocenters. The molecule has 164 valence electrons. The second-order valence-corrected chi connectivity index (χ2v) is 7.06. The molecule has 2 rings (SSSR count). The summed E-state index contributed by atoms with van der Waals surface area (Å²) in [6.07, 6.45) is 0.707. The van der Waals surface area contributed by atoms with Crippen LogP contribution in [0.3, 0.4) is 0 Å². The lowest BCUT2D eigenvalue weighted by atomic mass is 10.2. The molecule has 0 bridgehead atoms. The van der Waals surface area contributed by atoms with E-state index < -0.39 is 18.0 Å². The molecule has 0 aliphatic carbocycles. The van der Waals surface area contributed by atoms with E-state index in [1.54, 1.807) is 36.9 Å². The van der Waals surface area contributed by atoms with Gasteiger partial charge in [-0.25, -0.2) is 4.79 Å². The largest absolute Gasteiger partial charge is 0.490 e. The Morgan fingerprint density at radius 2 is 1.73 bits per heavy atom. The van der Waals surface area contributed by atoms with Crippen LogP contribution < -0.4 is 14.8 Å². The predicted molar refractivity (Wildman–Crippen MR) is 114 cm³/mol. The van der Waals surface area contributed by atoms with E-state index in [9.17, 15) is 9.59 Å². The Kier molecular flexibility index (Phi) is 8.26. The molecule has 0 spiro atoms. The molecule has 0 fully saturated rings. The number of ether oxygens (including phenoxy) is 3.